The number of nitrogens with two attached hydrogens (primary N) is 1. The molecule has 0 heterocycles. The molecule has 3 N–H and O–H groups in total. The summed E-state index contributed by atoms with van der Waals surface area (Å²) < 4.78 is 4.82. The minimum Gasteiger partial charge on any atom is -0.450 e. The van der Waals surface area contributed by atoms with Gasteiger partial charge in [0.15, 0.2) is 0 Å². The molecule has 0 fully saturated rings. The molecule has 0 aromatic rings. The second-order valence-corrected chi connectivity index (χ2v) is 3.33. The third kappa shape index (κ3) is 10.6. The quantitative estimate of drug-likeness (QED) is 0.486. The highest BCUT2D eigenvalue weighted by Gasteiger charge is 2.02. The van der Waals surface area contributed by atoms with Crippen molar-refractivity contribution in [1.82, 2.24) is 5.32 Å². The molecule has 0 atom stereocenters. The van der Waals surface area contributed by atoms with Gasteiger partial charge in [-0.3, -0.25) is 4.79 Å². The molecule has 0 rings (SSSR count). The number of hydrogen-bond donors (Lipinski definition) is 2. The number of amides is 2. The van der Waals surface area contributed by atoms with Gasteiger partial charge in [-0.1, -0.05) is 19.1 Å². The highest BCUT2D eigenvalue weighted by molar-refractivity contribution is 5.80. The SMILES string of the molecule is CC/C=C/CCCCOC(=O)NCC(N)=O. The number of nitrogens with one attached hydrogen (secondary N) is 1. The van der Waals surface area contributed by atoms with Gasteiger partial charge in [-0.2, -0.15) is 0 Å². The Labute approximate surface area is 96.0 Å². The second-order valence-electron chi connectivity index (χ2n) is 3.33. The van der Waals surface area contributed by atoms with Crippen molar-refractivity contribution in [3.05, 3.63) is 12.2 Å². The Kier molecular flexibility index (Phi) is 9.06. The molecule has 5 nitrogen and oxygen atoms in total. The van der Waals surface area contributed by atoms with Crippen LogP contribution in [0, 0.1) is 0 Å². The summed E-state index contributed by atoms with van der Waals surface area (Å²) in [6.07, 6.45) is 7.49. The van der Waals surface area contributed by atoms with Gasteiger partial charge in [-0.15, -0.1) is 0 Å². The van der Waals surface area contributed by atoms with Gasteiger partial charge in [0.1, 0.15) is 0 Å². The molecular weight excluding hydrogens is 208 g/mol. The van der Waals surface area contributed by atoms with Crippen LogP contribution in [0.2, 0.25) is 0 Å². The summed E-state index contributed by atoms with van der Waals surface area (Å²) >= 11 is 0. The highest BCUT2D eigenvalue weighted by Crippen LogP contribution is 1.98. The van der Waals surface area contributed by atoms with Crippen LogP contribution in [0.15, 0.2) is 12.2 Å². The number of carbonyl (C=O) groups is 2. The fraction of sp³-hybridized carbons (Fsp3) is 0.636. The smallest absolute Gasteiger partial charge is 0.407 e. The Morgan fingerprint density at radius 3 is 2.69 bits per heavy atom. The maximum absolute atomic E-state index is 10.9. The van der Waals surface area contributed by atoms with Crippen molar-refractivity contribution < 1.29 is 14.3 Å². The van der Waals surface area contributed by atoms with E-state index in [4.69, 9.17) is 10.5 Å². The van der Waals surface area contributed by atoms with E-state index in [2.05, 4.69) is 24.4 Å². The molecule has 0 unspecified atom stereocenters. The minimum atomic E-state index is -0.595. The highest BCUT2D eigenvalue weighted by atomic mass is 16.5. The number of primary amides is 1. The van der Waals surface area contributed by atoms with Crippen LogP contribution in [0.25, 0.3) is 0 Å². The number of rotatable bonds is 8. The van der Waals surface area contributed by atoms with E-state index in [-0.39, 0.29) is 6.54 Å². The van der Waals surface area contributed by atoms with Crippen molar-refractivity contribution in [2.45, 2.75) is 32.6 Å². The Morgan fingerprint density at radius 2 is 2.06 bits per heavy atom. The number of allylic oxidation sites excluding steroid dienone is 2. The van der Waals surface area contributed by atoms with Crippen LogP contribution in [0.3, 0.4) is 0 Å². The topological polar surface area (TPSA) is 81.4 Å². The molecule has 0 spiro atoms. The summed E-state index contributed by atoms with van der Waals surface area (Å²) in [6.45, 7) is 2.27. The first-order valence-electron chi connectivity index (χ1n) is 5.50. The molecule has 92 valence electrons. The molecular formula is C11H20N2O3. The minimum absolute atomic E-state index is 0.182. The van der Waals surface area contributed by atoms with Crippen LogP contribution in [0.1, 0.15) is 32.6 Å². The average Bonchev–Trinajstić information content (AvgIpc) is 2.25. The van der Waals surface area contributed by atoms with Gasteiger partial charge in [0, 0.05) is 0 Å². The van der Waals surface area contributed by atoms with E-state index in [9.17, 15) is 9.59 Å². The van der Waals surface area contributed by atoms with Crippen molar-refractivity contribution in [2.75, 3.05) is 13.2 Å². The first-order chi connectivity index (χ1) is 7.66. The van der Waals surface area contributed by atoms with Crippen LogP contribution in [-0.4, -0.2) is 25.2 Å². The lowest BCUT2D eigenvalue weighted by molar-refractivity contribution is -0.117. The van der Waals surface area contributed by atoms with Gasteiger partial charge in [-0.25, -0.2) is 4.79 Å². The molecule has 0 aliphatic rings. The fourth-order valence-electron chi connectivity index (χ4n) is 1.02. The first-order valence-corrected chi connectivity index (χ1v) is 5.50. The zero-order chi connectivity index (χ0) is 12.2. The molecule has 0 aromatic heterocycles. The third-order valence-corrected chi connectivity index (χ3v) is 1.81. The molecule has 2 amide bonds. The standard InChI is InChI=1S/C11H20N2O3/c1-2-3-4-5-6-7-8-16-11(15)13-9-10(12)14/h3-4H,2,5-9H2,1H3,(H2,12,14)(H,13,15)/b4-3+. The maximum Gasteiger partial charge on any atom is 0.407 e. The van der Waals surface area contributed by atoms with Crippen molar-refractivity contribution >= 4 is 12.0 Å². The van der Waals surface area contributed by atoms with E-state index in [1.54, 1.807) is 0 Å². The van der Waals surface area contributed by atoms with Crippen molar-refractivity contribution in [3.8, 4) is 0 Å². The van der Waals surface area contributed by atoms with Gasteiger partial charge in [0.25, 0.3) is 0 Å². The van der Waals surface area contributed by atoms with Gasteiger partial charge < -0.3 is 15.8 Å². The van der Waals surface area contributed by atoms with E-state index in [0.717, 1.165) is 25.7 Å². The second kappa shape index (κ2) is 10.0. The molecule has 0 aliphatic heterocycles. The van der Waals surface area contributed by atoms with Crippen LogP contribution < -0.4 is 11.1 Å². The largest absolute Gasteiger partial charge is 0.450 e. The maximum atomic E-state index is 10.9. The molecule has 0 aromatic carbocycles. The van der Waals surface area contributed by atoms with Gasteiger partial charge in [0.2, 0.25) is 5.91 Å². The Morgan fingerprint density at radius 1 is 1.31 bits per heavy atom. The number of hydrogen-bond acceptors (Lipinski definition) is 3. The predicted molar refractivity (Wildman–Crippen MR) is 61.8 cm³/mol. The van der Waals surface area contributed by atoms with Gasteiger partial charge >= 0.3 is 6.09 Å². The molecule has 16 heavy (non-hydrogen) atoms. The number of ether oxygens (including phenoxy) is 1. The third-order valence-electron chi connectivity index (χ3n) is 1.81. The van der Waals surface area contributed by atoms with Crippen LogP contribution in [-0.2, 0) is 9.53 Å². The molecule has 5 heteroatoms. The fourth-order valence-corrected chi connectivity index (χ4v) is 1.02. The van der Waals surface area contributed by atoms with E-state index in [0.29, 0.717) is 6.61 Å². The number of carbonyl (C=O) groups excluding carboxylic acids is 2. The average molecular weight is 228 g/mol. The van der Waals surface area contributed by atoms with Crippen molar-refractivity contribution in [3.63, 3.8) is 0 Å². The molecule has 0 aliphatic carbocycles. The van der Waals surface area contributed by atoms with Crippen LogP contribution in [0.4, 0.5) is 4.79 Å². The summed E-state index contributed by atoms with van der Waals surface area (Å²) in [4.78, 5) is 21.3. The van der Waals surface area contributed by atoms with Crippen LogP contribution >= 0.6 is 0 Å². The van der Waals surface area contributed by atoms with E-state index in [1.165, 1.54) is 0 Å². The zero-order valence-electron chi connectivity index (χ0n) is 9.70. The van der Waals surface area contributed by atoms with E-state index in [1.807, 2.05) is 0 Å². The van der Waals surface area contributed by atoms with E-state index < -0.39 is 12.0 Å². The Balaban J connectivity index is 3.27. The summed E-state index contributed by atoms with van der Waals surface area (Å²) in [6, 6.07) is 0. The summed E-state index contributed by atoms with van der Waals surface area (Å²) in [5.41, 5.74) is 4.85. The zero-order valence-corrected chi connectivity index (χ0v) is 9.70. The number of alkyl carbamates (subject to hydrolysis) is 1. The normalized spacial score (nSPS) is 10.3. The molecule has 0 radical (unpaired) electrons. The molecule has 0 saturated carbocycles. The van der Waals surface area contributed by atoms with Gasteiger partial charge in [0.05, 0.1) is 13.2 Å². The summed E-state index contributed by atoms with van der Waals surface area (Å²) in [7, 11) is 0. The van der Waals surface area contributed by atoms with Gasteiger partial charge in [-0.05, 0) is 25.7 Å². The molecule has 0 saturated heterocycles. The predicted octanol–water partition coefficient (Wildman–Crippen LogP) is 1.33. The number of unbranched alkanes of at least 4 members (excludes halogenated alkanes) is 2. The van der Waals surface area contributed by atoms with Crippen molar-refractivity contribution in [2.24, 2.45) is 5.73 Å². The first kappa shape index (κ1) is 14.5. The van der Waals surface area contributed by atoms with Crippen molar-refractivity contribution in [1.29, 1.82) is 0 Å². The Hall–Kier alpha value is -1.52. The Bertz CT molecular complexity index is 239. The lowest BCUT2D eigenvalue weighted by atomic mass is 10.2. The summed E-state index contributed by atoms with van der Waals surface area (Å²) in [5, 5.41) is 2.24. The lowest BCUT2D eigenvalue weighted by Gasteiger charge is -2.04. The summed E-state index contributed by atoms with van der Waals surface area (Å²) in [5.74, 6) is -0.582. The monoisotopic (exact) mass is 228 g/mol. The van der Waals surface area contributed by atoms with E-state index >= 15 is 0 Å². The van der Waals surface area contributed by atoms with Crippen LogP contribution in [0.5, 0.6) is 0 Å². The lowest BCUT2D eigenvalue weighted by Crippen LogP contribution is -2.33. The molecule has 0 bridgehead atoms.